The normalized spacial score (nSPS) is 14.9. The van der Waals surface area contributed by atoms with Crippen LogP contribution in [0.2, 0.25) is 0 Å². The van der Waals surface area contributed by atoms with Crippen LogP contribution in [0, 0.1) is 0 Å². The zero-order chi connectivity index (χ0) is 21.1. The maximum atomic E-state index is 12.4. The number of carbonyl (C=O) groups excluding carboxylic acids is 1. The minimum Gasteiger partial charge on any atom is -0.389 e. The summed E-state index contributed by atoms with van der Waals surface area (Å²) in [6.45, 7) is 2.85. The molecule has 0 radical (unpaired) electrons. The Bertz CT molecular complexity index is 1010. The molecule has 28 heavy (non-hydrogen) atoms. The first kappa shape index (κ1) is 21.8. The van der Waals surface area contributed by atoms with Gasteiger partial charge in [0.2, 0.25) is 0 Å². The molecule has 1 aromatic heterocycles. The van der Waals surface area contributed by atoms with Gasteiger partial charge in [0, 0.05) is 25.1 Å². The predicted molar refractivity (Wildman–Crippen MR) is 105 cm³/mol. The topological polar surface area (TPSA) is 126 Å². The first-order chi connectivity index (χ1) is 13.0. The lowest BCUT2D eigenvalue weighted by Gasteiger charge is -2.25. The van der Waals surface area contributed by atoms with Crippen molar-refractivity contribution >= 4 is 15.7 Å². The summed E-state index contributed by atoms with van der Waals surface area (Å²) in [5.74, 6) is -1.04. The van der Waals surface area contributed by atoms with E-state index in [9.17, 15) is 23.1 Å². The molecule has 1 amide bonds. The largest absolute Gasteiger partial charge is 0.389 e. The second-order valence-electron chi connectivity index (χ2n) is 6.94. The monoisotopic (exact) mass is 408 g/mol. The minimum absolute atomic E-state index is 0.0168. The molecule has 8 nitrogen and oxygen atoms in total. The lowest BCUT2D eigenvalue weighted by atomic mass is 10.0. The molecule has 0 bridgehead atoms. The van der Waals surface area contributed by atoms with E-state index in [2.05, 4.69) is 0 Å². The standard InChI is InChI=1S/C19H24N2O6S/c1-13(22)14-4-6-15(7-5-14)16-8-10-21(17(23)12-16)11-9-19(2,18(24)20-25)28(3,26)27/h4-8,10,12-13,22,25H,9,11H2,1-3H3,(H,20,24). The second kappa shape index (κ2) is 8.26. The van der Waals surface area contributed by atoms with Crippen molar-refractivity contribution in [2.75, 3.05) is 6.26 Å². The number of nitrogens with zero attached hydrogens (tertiary/aromatic N) is 1. The number of amides is 1. The van der Waals surface area contributed by atoms with Crippen LogP contribution in [0.3, 0.4) is 0 Å². The number of pyridine rings is 1. The molecule has 0 spiro atoms. The van der Waals surface area contributed by atoms with E-state index in [1.54, 1.807) is 37.3 Å². The van der Waals surface area contributed by atoms with Crippen LogP contribution in [-0.2, 0) is 21.2 Å². The van der Waals surface area contributed by atoms with Gasteiger partial charge in [-0.05, 0) is 43.0 Å². The van der Waals surface area contributed by atoms with E-state index in [0.29, 0.717) is 5.56 Å². The van der Waals surface area contributed by atoms with Gasteiger partial charge >= 0.3 is 0 Å². The molecule has 9 heteroatoms. The molecule has 152 valence electrons. The minimum atomic E-state index is -3.83. The maximum absolute atomic E-state index is 12.4. The van der Waals surface area contributed by atoms with Gasteiger partial charge in [-0.1, -0.05) is 24.3 Å². The van der Waals surface area contributed by atoms with Crippen LogP contribution in [0.15, 0.2) is 47.4 Å². The third-order valence-corrected chi connectivity index (χ3v) is 6.98. The van der Waals surface area contributed by atoms with Gasteiger partial charge in [-0.3, -0.25) is 14.8 Å². The molecule has 3 N–H and O–H groups in total. The van der Waals surface area contributed by atoms with Crippen molar-refractivity contribution in [2.24, 2.45) is 0 Å². The van der Waals surface area contributed by atoms with Gasteiger partial charge in [0.1, 0.15) is 0 Å². The molecule has 0 aliphatic rings. The molecule has 2 unspecified atom stereocenters. The highest BCUT2D eigenvalue weighted by atomic mass is 32.2. The van der Waals surface area contributed by atoms with Gasteiger partial charge in [0.25, 0.3) is 11.5 Å². The van der Waals surface area contributed by atoms with Crippen LogP contribution >= 0.6 is 0 Å². The average Bonchev–Trinajstić information content (AvgIpc) is 2.65. The van der Waals surface area contributed by atoms with Crippen molar-refractivity contribution in [3.8, 4) is 11.1 Å². The highest BCUT2D eigenvalue weighted by molar-refractivity contribution is 7.92. The molecule has 1 heterocycles. The maximum Gasteiger partial charge on any atom is 0.264 e. The Morgan fingerprint density at radius 1 is 1.21 bits per heavy atom. The summed E-state index contributed by atoms with van der Waals surface area (Å²) in [6.07, 6.45) is 1.67. The summed E-state index contributed by atoms with van der Waals surface area (Å²) in [7, 11) is -3.83. The molecule has 0 aliphatic carbocycles. The van der Waals surface area contributed by atoms with Crippen LogP contribution in [0.4, 0.5) is 0 Å². The zero-order valence-electron chi connectivity index (χ0n) is 15.9. The van der Waals surface area contributed by atoms with Crippen molar-refractivity contribution in [3.63, 3.8) is 0 Å². The molecule has 0 aliphatic heterocycles. The molecule has 0 saturated heterocycles. The Morgan fingerprint density at radius 3 is 2.29 bits per heavy atom. The number of hydrogen-bond donors (Lipinski definition) is 3. The average molecular weight is 408 g/mol. The van der Waals surface area contributed by atoms with Gasteiger partial charge in [0.05, 0.1) is 6.10 Å². The van der Waals surface area contributed by atoms with Crippen LogP contribution < -0.4 is 11.0 Å². The van der Waals surface area contributed by atoms with Gasteiger partial charge in [-0.15, -0.1) is 0 Å². The van der Waals surface area contributed by atoms with Crippen molar-refractivity contribution in [3.05, 3.63) is 58.5 Å². The fourth-order valence-corrected chi connectivity index (χ4v) is 3.59. The predicted octanol–water partition coefficient (Wildman–Crippen LogP) is 1.27. The number of carbonyl (C=O) groups is 1. The Kier molecular flexibility index (Phi) is 6.43. The number of hydroxylamine groups is 1. The highest BCUT2D eigenvalue weighted by Crippen LogP contribution is 2.23. The first-order valence-corrected chi connectivity index (χ1v) is 10.5. The summed E-state index contributed by atoms with van der Waals surface area (Å²) in [4.78, 5) is 24.3. The number of aliphatic hydroxyl groups is 1. The van der Waals surface area contributed by atoms with E-state index in [-0.39, 0.29) is 18.5 Å². The molecular formula is C19H24N2O6S. The highest BCUT2D eigenvalue weighted by Gasteiger charge is 2.43. The summed E-state index contributed by atoms with van der Waals surface area (Å²) in [5.41, 5.74) is 3.27. The first-order valence-electron chi connectivity index (χ1n) is 8.62. The zero-order valence-corrected chi connectivity index (χ0v) is 16.7. The van der Waals surface area contributed by atoms with E-state index in [0.717, 1.165) is 17.4 Å². The van der Waals surface area contributed by atoms with Crippen molar-refractivity contribution in [1.82, 2.24) is 10.0 Å². The second-order valence-corrected chi connectivity index (χ2v) is 9.38. The van der Waals surface area contributed by atoms with Crippen molar-refractivity contribution in [1.29, 1.82) is 0 Å². The Hall–Kier alpha value is -2.49. The van der Waals surface area contributed by atoms with Gasteiger partial charge in [0.15, 0.2) is 14.6 Å². The Balaban J connectivity index is 2.25. The third kappa shape index (κ3) is 4.49. The summed E-state index contributed by atoms with van der Waals surface area (Å²) in [6, 6.07) is 10.3. The lowest BCUT2D eigenvalue weighted by Crippen LogP contribution is -2.49. The number of sulfone groups is 1. The molecule has 1 aromatic carbocycles. The molecule has 0 saturated carbocycles. The van der Waals surface area contributed by atoms with E-state index in [4.69, 9.17) is 5.21 Å². The van der Waals surface area contributed by atoms with Crippen LogP contribution in [0.25, 0.3) is 11.1 Å². The van der Waals surface area contributed by atoms with E-state index < -0.39 is 26.6 Å². The number of benzene rings is 1. The third-order valence-electron chi connectivity index (χ3n) is 4.95. The van der Waals surface area contributed by atoms with Crippen LogP contribution in [0.1, 0.15) is 31.9 Å². The smallest absolute Gasteiger partial charge is 0.264 e. The van der Waals surface area contributed by atoms with Crippen LogP contribution in [0.5, 0.6) is 0 Å². The van der Waals surface area contributed by atoms with E-state index >= 15 is 0 Å². The molecule has 0 fully saturated rings. The van der Waals surface area contributed by atoms with E-state index in [1.165, 1.54) is 29.2 Å². The fourth-order valence-electron chi connectivity index (χ4n) is 2.75. The SMILES string of the molecule is CC(O)c1ccc(-c2ccn(CCC(C)(C(=O)NO)S(C)(=O)=O)c(=O)c2)cc1. The Labute approximate surface area is 163 Å². The Morgan fingerprint density at radius 2 is 1.82 bits per heavy atom. The lowest BCUT2D eigenvalue weighted by molar-refractivity contribution is -0.131. The summed E-state index contributed by atoms with van der Waals surface area (Å²) < 4.78 is 23.4. The molecule has 2 rings (SSSR count). The quantitative estimate of drug-likeness (QED) is 0.468. The summed E-state index contributed by atoms with van der Waals surface area (Å²) in [5, 5.41) is 18.4. The number of aliphatic hydroxyl groups excluding tert-OH is 1. The van der Waals surface area contributed by atoms with Gasteiger partial charge < -0.3 is 9.67 Å². The summed E-state index contributed by atoms with van der Waals surface area (Å²) >= 11 is 0. The number of aryl methyl sites for hydroxylation is 1. The molecule has 2 aromatic rings. The number of nitrogens with one attached hydrogen (secondary N) is 1. The van der Waals surface area contributed by atoms with Crippen LogP contribution in [-0.4, -0.2) is 40.2 Å². The van der Waals surface area contributed by atoms with E-state index in [1.807, 2.05) is 0 Å². The molecule has 2 atom stereocenters. The number of rotatable bonds is 7. The fraction of sp³-hybridized carbons (Fsp3) is 0.368. The van der Waals surface area contributed by atoms with Crippen molar-refractivity contribution in [2.45, 2.75) is 37.7 Å². The van der Waals surface area contributed by atoms with Gasteiger partial charge in [-0.25, -0.2) is 13.9 Å². The van der Waals surface area contributed by atoms with Crippen molar-refractivity contribution < 1.29 is 23.5 Å². The van der Waals surface area contributed by atoms with Gasteiger partial charge in [-0.2, -0.15) is 0 Å². The molecular weight excluding hydrogens is 384 g/mol. The number of hydrogen-bond acceptors (Lipinski definition) is 6. The number of aromatic nitrogens is 1.